The second-order valence-corrected chi connectivity index (χ2v) is 6.41. The van der Waals surface area contributed by atoms with Crippen molar-refractivity contribution in [2.24, 2.45) is 5.92 Å². The van der Waals surface area contributed by atoms with Gasteiger partial charge < -0.3 is 19.5 Å². The molecule has 1 aliphatic heterocycles. The second kappa shape index (κ2) is 8.24. The van der Waals surface area contributed by atoms with Crippen molar-refractivity contribution in [3.05, 3.63) is 59.7 Å². The summed E-state index contributed by atoms with van der Waals surface area (Å²) < 4.78 is 35.0. The second-order valence-electron chi connectivity index (χ2n) is 6.41. The van der Waals surface area contributed by atoms with Crippen LogP contribution in [0.4, 0.5) is 8.78 Å². The highest BCUT2D eigenvalue weighted by Crippen LogP contribution is 2.35. The van der Waals surface area contributed by atoms with Gasteiger partial charge in [0.1, 0.15) is 11.5 Å². The number of hydrogen-bond donors (Lipinski definition) is 1. The number of ether oxygens (including phenoxy) is 2. The van der Waals surface area contributed by atoms with Gasteiger partial charge in [-0.1, -0.05) is 30.3 Å². The number of amides is 1. The van der Waals surface area contributed by atoms with Gasteiger partial charge in [0.15, 0.2) is 0 Å². The van der Waals surface area contributed by atoms with E-state index in [0.717, 1.165) is 5.56 Å². The fraction of sp³-hybridized carbons (Fsp3) is 0.300. The minimum atomic E-state index is -3.11. The van der Waals surface area contributed by atoms with E-state index in [4.69, 9.17) is 4.74 Å². The fourth-order valence-electron chi connectivity index (χ4n) is 3.43. The molecular weight excluding hydrogens is 372 g/mol. The number of rotatable bonds is 6. The molecule has 0 unspecified atom stereocenters. The third-order valence-corrected chi connectivity index (χ3v) is 4.79. The summed E-state index contributed by atoms with van der Waals surface area (Å²) in [5, 5.41) is 9.58. The average molecular weight is 391 g/mol. The fourth-order valence-corrected chi connectivity index (χ4v) is 3.43. The number of nitrogens with zero attached hydrogens (tertiary/aromatic N) is 1. The Morgan fingerprint density at radius 1 is 1.14 bits per heavy atom. The molecule has 2 aromatic carbocycles. The van der Waals surface area contributed by atoms with Crippen LogP contribution in [0.1, 0.15) is 21.8 Å². The van der Waals surface area contributed by atoms with E-state index in [1.807, 2.05) is 18.2 Å². The lowest BCUT2D eigenvalue weighted by Crippen LogP contribution is -2.30. The average Bonchev–Trinajstić information content (AvgIpc) is 3.13. The Bertz CT molecular complexity index is 859. The van der Waals surface area contributed by atoms with Crippen molar-refractivity contribution in [2.75, 3.05) is 20.2 Å². The van der Waals surface area contributed by atoms with Crippen LogP contribution in [-0.4, -0.2) is 48.7 Å². The maximum absolute atomic E-state index is 13.0. The van der Waals surface area contributed by atoms with Gasteiger partial charge in [0.2, 0.25) is 0 Å². The summed E-state index contributed by atoms with van der Waals surface area (Å²) in [4.78, 5) is 26.0. The summed E-state index contributed by atoms with van der Waals surface area (Å²) in [7, 11) is 1.37. The molecule has 8 heteroatoms. The van der Waals surface area contributed by atoms with Crippen LogP contribution in [0.3, 0.4) is 0 Å². The van der Waals surface area contributed by atoms with Gasteiger partial charge >= 0.3 is 12.6 Å². The first-order chi connectivity index (χ1) is 13.4. The predicted octanol–water partition coefficient (Wildman–Crippen LogP) is 3.24. The number of alkyl halides is 2. The number of carboxylic acid groups (broad SMARTS) is 1. The van der Waals surface area contributed by atoms with Gasteiger partial charge in [-0.25, -0.2) is 0 Å². The quantitative estimate of drug-likeness (QED) is 0.818. The molecule has 2 aromatic rings. The van der Waals surface area contributed by atoms with Crippen molar-refractivity contribution >= 4 is 11.9 Å². The largest absolute Gasteiger partial charge is 0.497 e. The Morgan fingerprint density at radius 3 is 2.46 bits per heavy atom. The third-order valence-electron chi connectivity index (χ3n) is 4.79. The molecule has 2 atom stereocenters. The molecule has 28 heavy (non-hydrogen) atoms. The number of carbonyl (C=O) groups is 2. The van der Waals surface area contributed by atoms with Gasteiger partial charge in [0.25, 0.3) is 5.91 Å². The molecular formula is C20H19F2NO5. The van der Waals surface area contributed by atoms with Gasteiger partial charge in [-0.15, -0.1) is 0 Å². The van der Waals surface area contributed by atoms with Gasteiger partial charge in [0.05, 0.1) is 18.6 Å². The van der Waals surface area contributed by atoms with Crippen LogP contribution in [0.15, 0.2) is 48.5 Å². The summed E-state index contributed by atoms with van der Waals surface area (Å²) in [6.45, 7) is -2.96. The summed E-state index contributed by atoms with van der Waals surface area (Å²) in [6.07, 6.45) is 0. The molecule has 0 spiro atoms. The normalized spacial score (nSPS) is 18.9. The molecule has 1 saturated heterocycles. The van der Waals surface area contributed by atoms with Crippen LogP contribution in [-0.2, 0) is 4.79 Å². The lowest BCUT2D eigenvalue weighted by Gasteiger charge is -2.19. The van der Waals surface area contributed by atoms with E-state index in [0.29, 0.717) is 0 Å². The zero-order chi connectivity index (χ0) is 20.3. The number of aliphatic carboxylic acids is 1. The van der Waals surface area contributed by atoms with Crippen molar-refractivity contribution in [3.63, 3.8) is 0 Å². The van der Waals surface area contributed by atoms with E-state index in [-0.39, 0.29) is 36.1 Å². The molecule has 1 amide bonds. The number of carbonyl (C=O) groups excluding carboxylic acids is 1. The first kappa shape index (κ1) is 19.6. The molecule has 0 radical (unpaired) electrons. The van der Waals surface area contributed by atoms with Crippen molar-refractivity contribution in [3.8, 4) is 11.5 Å². The standard InChI is InChI=1S/C20H19F2NO5/c1-27-13-7-8-14(17(9-13)28-20(21)22)18(24)23-10-15(16(11-23)19(25)26)12-5-3-2-4-6-12/h2-9,15-16,20H,10-11H2,1H3,(H,25,26)/t15-,16+/m1/s1. The van der Waals surface area contributed by atoms with E-state index in [1.165, 1.54) is 30.2 Å². The zero-order valence-corrected chi connectivity index (χ0v) is 15.0. The summed E-state index contributed by atoms with van der Waals surface area (Å²) in [5.74, 6) is -2.80. The smallest absolute Gasteiger partial charge is 0.387 e. The SMILES string of the molecule is COc1ccc(C(=O)N2C[C@H](C(=O)O)[C@@H](c3ccccc3)C2)c(OC(F)F)c1. The summed E-state index contributed by atoms with van der Waals surface area (Å²) >= 11 is 0. The first-order valence-electron chi connectivity index (χ1n) is 8.60. The van der Waals surface area contributed by atoms with E-state index in [2.05, 4.69) is 4.74 Å². The van der Waals surface area contributed by atoms with Crippen LogP contribution in [0.25, 0.3) is 0 Å². The molecule has 1 aliphatic rings. The van der Waals surface area contributed by atoms with E-state index >= 15 is 0 Å². The Hall–Kier alpha value is -3.16. The van der Waals surface area contributed by atoms with E-state index in [1.54, 1.807) is 12.1 Å². The van der Waals surface area contributed by atoms with Crippen LogP contribution in [0.5, 0.6) is 11.5 Å². The van der Waals surface area contributed by atoms with E-state index in [9.17, 15) is 23.5 Å². The maximum atomic E-state index is 13.0. The van der Waals surface area contributed by atoms with Crippen LogP contribution >= 0.6 is 0 Å². The number of methoxy groups -OCH3 is 1. The predicted molar refractivity (Wildman–Crippen MR) is 95.8 cm³/mol. The van der Waals surface area contributed by atoms with Crippen LogP contribution in [0, 0.1) is 5.92 Å². The van der Waals surface area contributed by atoms with E-state index < -0.39 is 24.4 Å². The minimum absolute atomic E-state index is 0.0200. The Kier molecular flexibility index (Phi) is 5.77. The number of carboxylic acids is 1. The Morgan fingerprint density at radius 2 is 1.86 bits per heavy atom. The van der Waals surface area contributed by atoms with Crippen molar-refractivity contribution in [2.45, 2.75) is 12.5 Å². The molecule has 0 bridgehead atoms. The molecule has 148 valence electrons. The summed E-state index contributed by atoms with van der Waals surface area (Å²) in [6, 6.07) is 13.1. The molecule has 6 nitrogen and oxygen atoms in total. The third kappa shape index (κ3) is 4.05. The Labute approximate surface area is 160 Å². The molecule has 0 aromatic heterocycles. The van der Waals surface area contributed by atoms with Crippen LogP contribution in [0.2, 0.25) is 0 Å². The molecule has 1 N–H and O–H groups in total. The number of likely N-dealkylation sites (tertiary alicyclic amines) is 1. The van der Waals surface area contributed by atoms with Crippen molar-refractivity contribution in [1.29, 1.82) is 0 Å². The minimum Gasteiger partial charge on any atom is -0.497 e. The number of benzene rings is 2. The van der Waals surface area contributed by atoms with Gasteiger partial charge in [-0.05, 0) is 17.7 Å². The lowest BCUT2D eigenvalue weighted by molar-refractivity contribution is -0.141. The number of hydrogen-bond acceptors (Lipinski definition) is 4. The highest BCUT2D eigenvalue weighted by Gasteiger charge is 2.41. The monoisotopic (exact) mass is 391 g/mol. The van der Waals surface area contributed by atoms with Gasteiger partial charge in [-0.2, -0.15) is 8.78 Å². The van der Waals surface area contributed by atoms with Crippen molar-refractivity contribution < 1.29 is 33.0 Å². The molecule has 1 heterocycles. The number of halogens is 2. The molecule has 0 aliphatic carbocycles. The maximum Gasteiger partial charge on any atom is 0.387 e. The molecule has 0 saturated carbocycles. The molecule has 1 fully saturated rings. The van der Waals surface area contributed by atoms with Crippen LogP contribution < -0.4 is 9.47 Å². The summed E-state index contributed by atoms with van der Waals surface area (Å²) in [5.41, 5.74) is 0.739. The topological polar surface area (TPSA) is 76.1 Å². The zero-order valence-electron chi connectivity index (χ0n) is 15.0. The highest BCUT2D eigenvalue weighted by molar-refractivity contribution is 5.97. The highest BCUT2D eigenvalue weighted by atomic mass is 19.3. The van der Waals surface area contributed by atoms with Crippen molar-refractivity contribution in [1.82, 2.24) is 4.90 Å². The van der Waals surface area contributed by atoms with Gasteiger partial charge in [0, 0.05) is 25.1 Å². The lowest BCUT2D eigenvalue weighted by atomic mass is 9.89. The van der Waals surface area contributed by atoms with Gasteiger partial charge in [-0.3, -0.25) is 9.59 Å². The Balaban J connectivity index is 1.89. The first-order valence-corrected chi connectivity index (χ1v) is 8.60. The molecule has 3 rings (SSSR count).